The molecule has 2 aliphatic rings. The van der Waals surface area contributed by atoms with Gasteiger partial charge in [-0.2, -0.15) is 0 Å². The molecule has 0 bridgehead atoms. The summed E-state index contributed by atoms with van der Waals surface area (Å²) in [6, 6.07) is -0.826. The van der Waals surface area contributed by atoms with Crippen LogP contribution < -0.4 is 5.32 Å². The first-order valence-electron chi connectivity index (χ1n) is 35.4. The molecule has 0 saturated carbocycles. The SMILES string of the molecule is CCCCCCCCCC/C=C\CCCCCCCCCCCCCCCCCCCC(=O)NC(COC1OC(CO)C(OC2OC(CO)C(O)C(O)C2O)C(O)C1O)C(O)CCCCCCCCCCCCCCCCCCCCCC. The summed E-state index contributed by atoms with van der Waals surface area (Å²) in [5.74, 6) is -0.199. The van der Waals surface area contributed by atoms with E-state index in [-0.39, 0.29) is 12.5 Å². The van der Waals surface area contributed by atoms with Crippen LogP contribution in [-0.4, -0.2) is 140 Å². The van der Waals surface area contributed by atoms with E-state index in [0.29, 0.717) is 12.8 Å². The fourth-order valence-corrected chi connectivity index (χ4v) is 12.1. The Morgan fingerprint density at radius 1 is 0.422 bits per heavy atom. The number of carbonyl (C=O) groups excluding carboxylic acids is 1. The van der Waals surface area contributed by atoms with E-state index in [1.165, 1.54) is 250 Å². The predicted octanol–water partition coefficient (Wildman–Crippen LogP) is 14.2. The van der Waals surface area contributed by atoms with E-state index in [9.17, 15) is 45.6 Å². The molecule has 2 aliphatic heterocycles. The first-order valence-corrected chi connectivity index (χ1v) is 35.4. The Kier molecular flexibility index (Phi) is 51.4. The van der Waals surface area contributed by atoms with Crippen LogP contribution in [0, 0.1) is 0 Å². The summed E-state index contributed by atoms with van der Waals surface area (Å²) in [7, 11) is 0. The Bertz CT molecular complexity index is 1440. The highest BCUT2D eigenvalue weighted by molar-refractivity contribution is 5.76. The van der Waals surface area contributed by atoms with Crippen molar-refractivity contribution in [2.24, 2.45) is 0 Å². The van der Waals surface area contributed by atoms with Gasteiger partial charge in [0.2, 0.25) is 5.91 Å². The van der Waals surface area contributed by atoms with Gasteiger partial charge in [-0.15, -0.1) is 0 Å². The number of hydrogen-bond donors (Lipinski definition) is 9. The van der Waals surface area contributed by atoms with Crippen molar-refractivity contribution >= 4 is 5.91 Å². The second kappa shape index (κ2) is 54.8. The smallest absolute Gasteiger partial charge is 0.220 e. The van der Waals surface area contributed by atoms with Crippen molar-refractivity contribution < 1.29 is 64.6 Å². The Balaban J connectivity index is 1.65. The molecule has 0 spiro atoms. The van der Waals surface area contributed by atoms with Crippen LogP contribution in [0.4, 0.5) is 0 Å². The number of amides is 1. The lowest BCUT2D eigenvalue weighted by atomic mass is 9.97. The lowest BCUT2D eigenvalue weighted by Gasteiger charge is -2.46. The highest BCUT2D eigenvalue weighted by Crippen LogP contribution is 2.30. The maximum Gasteiger partial charge on any atom is 0.220 e. The van der Waals surface area contributed by atoms with E-state index in [4.69, 9.17) is 18.9 Å². The molecular weight excluding hydrogens is 1050 g/mol. The third kappa shape index (κ3) is 39.4. The second-order valence-electron chi connectivity index (χ2n) is 25.4. The zero-order chi connectivity index (χ0) is 60.2. The van der Waals surface area contributed by atoms with Crippen LogP contribution in [0.2, 0.25) is 0 Å². The number of aliphatic hydroxyl groups is 8. The van der Waals surface area contributed by atoms with Crippen molar-refractivity contribution in [3.8, 4) is 0 Å². The Hall–Kier alpha value is -1.27. The average Bonchev–Trinajstić information content (AvgIpc) is 3.65. The summed E-state index contributed by atoms with van der Waals surface area (Å²) >= 11 is 0. The molecule has 2 heterocycles. The molecular formula is C69H133NO13. The number of allylic oxidation sites excluding steroid dienone is 2. The highest BCUT2D eigenvalue weighted by Gasteiger charge is 2.51. The summed E-state index contributed by atoms with van der Waals surface area (Å²) in [5.41, 5.74) is 0. The van der Waals surface area contributed by atoms with Crippen molar-refractivity contribution in [1.82, 2.24) is 5.32 Å². The first kappa shape index (κ1) is 77.8. The van der Waals surface area contributed by atoms with Gasteiger partial charge in [-0.25, -0.2) is 0 Å². The van der Waals surface area contributed by atoms with Gasteiger partial charge < -0.3 is 65.1 Å². The monoisotopic (exact) mass is 1180 g/mol. The van der Waals surface area contributed by atoms with Crippen LogP contribution >= 0.6 is 0 Å². The lowest BCUT2D eigenvalue weighted by Crippen LogP contribution is -2.65. The molecule has 0 radical (unpaired) electrons. The van der Waals surface area contributed by atoms with Crippen LogP contribution in [0.1, 0.15) is 328 Å². The van der Waals surface area contributed by atoms with Gasteiger partial charge in [0.1, 0.15) is 48.8 Å². The van der Waals surface area contributed by atoms with Crippen molar-refractivity contribution in [3.63, 3.8) is 0 Å². The standard InChI is InChI=1S/C69H133NO13/c1-3-5-7-9-11-13-15-17-19-21-23-25-26-27-28-29-30-31-32-33-35-37-39-41-43-45-47-49-51-53-61(74)70-57(58(73)52-50-48-46-44-42-40-38-36-34-24-22-20-18-16-14-12-10-8-6-4-2)56-80-68-66(79)64(77)67(60(55-72)82-68)83-69-65(78)63(76)62(75)59(54-71)81-69/h21,23,57-60,62-69,71-73,75-79H,3-20,22,24-56H2,1-2H3,(H,70,74)/b23-21-. The summed E-state index contributed by atoms with van der Waals surface area (Å²) in [5, 5.41) is 87.6. The predicted molar refractivity (Wildman–Crippen MR) is 337 cm³/mol. The fourth-order valence-electron chi connectivity index (χ4n) is 12.1. The van der Waals surface area contributed by atoms with Gasteiger partial charge in [0, 0.05) is 6.42 Å². The number of ether oxygens (including phenoxy) is 4. The number of nitrogens with one attached hydrogen (secondary N) is 1. The van der Waals surface area contributed by atoms with Gasteiger partial charge in [-0.1, -0.05) is 296 Å². The van der Waals surface area contributed by atoms with E-state index in [0.717, 1.165) is 51.4 Å². The largest absolute Gasteiger partial charge is 0.394 e. The van der Waals surface area contributed by atoms with Crippen molar-refractivity contribution in [2.75, 3.05) is 19.8 Å². The Morgan fingerprint density at radius 3 is 1.14 bits per heavy atom. The number of aliphatic hydroxyl groups excluding tert-OH is 8. The Labute approximate surface area is 507 Å². The number of rotatable bonds is 59. The zero-order valence-corrected chi connectivity index (χ0v) is 53.5. The molecule has 2 saturated heterocycles. The number of hydrogen-bond acceptors (Lipinski definition) is 13. The molecule has 1 amide bonds. The van der Waals surface area contributed by atoms with Gasteiger partial charge in [-0.3, -0.25) is 4.79 Å². The molecule has 14 nitrogen and oxygen atoms in total. The van der Waals surface area contributed by atoms with Crippen molar-refractivity contribution in [1.29, 1.82) is 0 Å². The number of carbonyl (C=O) groups is 1. The average molecular weight is 1180 g/mol. The molecule has 12 unspecified atom stereocenters. The third-order valence-electron chi connectivity index (χ3n) is 17.7. The molecule has 83 heavy (non-hydrogen) atoms. The van der Waals surface area contributed by atoms with E-state index in [2.05, 4.69) is 31.3 Å². The Morgan fingerprint density at radius 2 is 0.759 bits per heavy atom. The third-order valence-corrected chi connectivity index (χ3v) is 17.7. The van der Waals surface area contributed by atoms with Gasteiger partial charge in [0.05, 0.1) is 32.0 Å². The minimum absolute atomic E-state index is 0.199. The van der Waals surface area contributed by atoms with E-state index in [1.54, 1.807) is 0 Å². The quantitative estimate of drug-likeness (QED) is 0.0204. The molecule has 0 aromatic rings. The van der Waals surface area contributed by atoms with Crippen LogP contribution in [-0.2, 0) is 23.7 Å². The second-order valence-corrected chi connectivity index (χ2v) is 25.4. The molecule has 2 fully saturated rings. The maximum absolute atomic E-state index is 13.3. The van der Waals surface area contributed by atoms with Gasteiger partial charge in [-0.05, 0) is 38.5 Å². The lowest BCUT2D eigenvalue weighted by molar-refractivity contribution is -0.359. The molecule has 0 aromatic heterocycles. The van der Waals surface area contributed by atoms with Crippen molar-refractivity contribution in [3.05, 3.63) is 12.2 Å². The molecule has 14 heteroatoms. The van der Waals surface area contributed by atoms with Crippen molar-refractivity contribution in [2.45, 2.75) is 402 Å². The first-order chi connectivity index (χ1) is 40.6. The van der Waals surface area contributed by atoms with Crippen LogP contribution in [0.3, 0.4) is 0 Å². The summed E-state index contributed by atoms with van der Waals surface area (Å²) in [6.07, 6.45) is 49.4. The van der Waals surface area contributed by atoms with E-state index < -0.39 is 86.8 Å². The van der Waals surface area contributed by atoms with E-state index >= 15 is 0 Å². The maximum atomic E-state index is 13.3. The topological polar surface area (TPSA) is 228 Å². The molecule has 492 valence electrons. The molecule has 2 rings (SSSR count). The highest BCUT2D eigenvalue weighted by atomic mass is 16.7. The van der Waals surface area contributed by atoms with E-state index in [1.807, 2.05) is 0 Å². The van der Waals surface area contributed by atoms with Crippen LogP contribution in [0.25, 0.3) is 0 Å². The van der Waals surface area contributed by atoms with Crippen LogP contribution in [0.5, 0.6) is 0 Å². The zero-order valence-electron chi connectivity index (χ0n) is 53.5. The normalized spacial score (nSPS) is 23.8. The number of unbranched alkanes of at least 4 members (excludes halogenated alkanes) is 44. The minimum atomic E-state index is -1.78. The molecule has 0 aliphatic carbocycles. The summed E-state index contributed by atoms with van der Waals surface area (Å²) in [6.45, 7) is 2.92. The van der Waals surface area contributed by atoms with Gasteiger partial charge in [0.15, 0.2) is 12.6 Å². The van der Waals surface area contributed by atoms with Crippen LogP contribution in [0.15, 0.2) is 12.2 Å². The molecule has 9 N–H and O–H groups in total. The van der Waals surface area contributed by atoms with Gasteiger partial charge in [0.25, 0.3) is 0 Å². The molecule has 12 atom stereocenters. The summed E-state index contributed by atoms with van der Waals surface area (Å²) < 4.78 is 22.9. The molecule has 0 aromatic carbocycles. The summed E-state index contributed by atoms with van der Waals surface area (Å²) in [4.78, 5) is 13.3. The minimum Gasteiger partial charge on any atom is -0.394 e. The van der Waals surface area contributed by atoms with Gasteiger partial charge >= 0.3 is 0 Å². The fraction of sp³-hybridized carbons (Fsp3) is 0.957.